The van der Waals surface area contributed by atoms with Crippen LogP contribution in [0.25, 0.3) is 0 Å². The van der Waals surface area contributed by atoms with Gasteiger partial charge in [-0.1, -0.05) is 0 Å². The van der Waals surface area contributed by atoms with E-state index in [-0.39, 0.29) is 29.6 Å². The topological polar surface area (TPSA) is 101 Å². The van der Waals surface area contributed by atoms with E-state index in [9.17, 15) is 9.59 Å². The zero-order chi connectivity index (χ0) is 8.15. The van der Waals surface area contributed by atoms with Crippen LogP contribution in [-0.4, -0.2) is 28.2 Å². The number of hydrogen-bond donors (Lipinski definition) is 3. The van der Waals surface area contributed by atoms with Crippen LogP contribution < -0.4 is 5.73 Å². The second-order valence-electron chi connectivity index (χ2n) is 1.88. The molecule has 0 bridgehead atoms. The average Bonchev–Trinajstić information content (AvgIpc) is 1.82. The van der Waals surface area contributed by atoms with Crippen LogP contribution in [0.2, 0.25) is 0 Å². The minimum Gasteiger partial charge on any atom is -0.481 e. The number of carboxylic acid groups (broad SMARTS) is 2. The van der Waals surface area contributed by atoms with Crippen LogP contribution in [0.5, 0.6) is 0 Å². The number of carbonyl (C=O) groups is 2. The molecule has 0 heterocycles. The van der Waals surface area contributed by atoms with Crippen LogP contribution in [0, 0.1) is 0 Å². The van der Waals surface area contributed by atoms with E-state index in [0.29, 0.717) is 0 Å². The summed E-state index contributed by atoms with van der Waals surface area (Å²) in [5.41, 5.74) is 5.00. The number of carboxylic acids is 2. The SMILES string of the molecule is NC(CCC(=O)O)C(=O)O.[Co]. The van der Waals surface area contributed by atoms with Gasteiger partial charge in [-0.2, -0.15) is 0 Å². The summed E-state index contributed by atoms with van der Waals surface area (Å²) in [5, 5.41) is 16.3. The normalized spacial score (nSPS) is 11.4. The zero-order valence-corrected chi connectivity index (χ0v) is 6.65. The van der Waals surface area contributed by atoms with Crippen LogP contribution in [0.4, 0.5) is 0 Å². The first-order valence-corrected chi connectivity index (χ1v) is 2.74. The fraction of sp³-hybridized carbons (Fsp3) is 0.600. The van der Waals surface area contributed by atoms with Crippen molar-refractivity contribution in [1.82, 2.24) is 0 Å². The van der Waals surface area contributed by atoms with Gasteiger partial charge in [0.1, 0.15) is 6.04 Å². The molecule has 6 heteroatoms. The maximum atomic E-state index is 9.99. The van der Waals surface area contributed by atoms with Crippen molar-refractivity contribution in [1.29, 1.82) is 0 Å². The first-order chi connectivity index (χ1) is 4.54. The summed E-state index contributed by atoms with van der Waals surface area (Å²) in [6.07, 6.45) is -0.224. The molecule has 0 aliphatic heterocycles. The molecule has 0 saturated carbocycles. The third-order valence-electron chi connectivity index (χ3n) is 0.986. The third kappa shape index (κ3) is 7.30. The molecule has 0 aliphatic carbocycles. The summed E-state index contributed by atoms with van der Waals surface area (Å²) in [7, 11) is 0. The van der Waals surface area contributed by atoms with Crippen LogP contribution in [0.15, 0.2) is 0 Å². The Labute approximate surface area is 73.8 Å². The van der Waals surface area contributed by atoms with Gasteiger partial charge in [0, 0.05) is 23.2 Å². The number of rotatable bonds is 4. The fourth-order valence-electron chi connectivity index (χ4n) is 0.402. The molecule has 11 heavy (non-hydrogen) atoms. The molecule has 0 fully saturated rings. The van der Waals surface area contributed by atoms with E-state index in [1.807, 2.05) is 0 Å². The Balaban J connectivity index is 0. The van der Waals surface area contributed by atoms with E-state index < -0.39 is 18.0 Å². The van der Waals surface area contributed by atoms with Gasteiger partial charge >= 0.3 is 11.9 Å². The largest absolute Gasteiger partial charge is 0.481 e. The van der Waals surface area contributed by atoms with E-state index >= 15 is 0 Å². The van der Waals surface area contributed by atoms with E-state index in [1.165, 1.54) is 0 Å². The van der Waals surface area contributed by atoms with Gasteiger partial charge in [0.15, 0.2) is 0 Å². The molecule has 0 aliphatic rings. The van der Waals surface area contributed by atoms with E-state index in [0.717, 1.165) is 0 Å². The summed E-state index contributed by atoms with van der Waals surface area (Å²) in [6.45, 7) is 0. The van der Waals surface area contributed by atoms with Gasteiger partial charge in [-0.3, -0.25) is 9.59 Å². The molecule has 4 N–H and O–H groups in total. The molecule has 0 aromatic heterocycles. The predicted octanol–water partition coefficient (Wildman–Crippen LogP) is -0.739. The molecular weight excluding hydrogens is 197 g/mol. The molecule has 0 rings (SSSR count). The predicted molar refractivity (Wildman–Crippen MR) is 32.5 cm³/mol. The molecule has 0 amide bonds. The van der Waals surface area contributed by atoms with Gasteiger partial charge in [0.25, 0.3) is 0 Å². The minimum absolute atomic E-state index is 0. The van der Waals surface area contributed by atoms with Crippen molar-refractivity contribution in [3.8, 4) is 0 Å². The molecule has 0 aromatic rings. The molecule has 1 unspecified atom stereocenters. The summed E-state index contributed by atoms with van der Waals surface area (Å²) in [6, 6.07) is -1.06. The zero-order valence-electron chi connectivity index (χ0n) is 5.61. The maximum Gasteiger partial charge on any atom is 0.320 e. The molecule has 1 radical (unpaired) electrons. The van der Waals surface area contributed by atoms with Crippen LogP contribution in [0.1, 0.15) is 12.8 Å². The Bertz CT molecular complexity index is 149. The molecule has 5 nitrogen and oxygen atoms in total. The minimum atomic E-state index is -1.17. The van der Waals surface area contributed by atoms with Crippen molar-refractivity contribution >= 4 is 11.9 Å². The van der Waals surface area contributed by atoms with Gasteiger partial charge < -0.3 is 15.9 Å². The molecule has 0 aromatic carbocycles. The molecule has 67 valence electrons. The van der Waals surface area contributed by atoms with Crippen molar-refractivity contribution in [2.24, 2.45) is 5.73 Å². The maximum absolute atomic E-state index is 9.99. The Morgan fingerprint density at radius 3 is 2.09 bits per heavy atom. The molecule has 0 spiro atoms. The summed E-state index contributed by atoms with van der Waals surface area (Å²) in [5.74, 6) is -2.20. The fourth-order valence-corrected chi connectivity index (χ4v) is 0.402. The second kappa shape index (κ2) is 6.14. The smallest absolute Gasteiger partial charge is 0.320 e. The van der Waals surface area contributed by atoms with E-state index in [2.05, 4.69) is 0 Å². The van der Waals surface area contributed by atoms with E-state index in [1.54, 1.807) is 0 Å². The van der Waals surface area contributed by atoms with Crippen LogP contribution in [-0.2, 0) is 26.4 Å². The standard InChI is InChI=1S/C5H9NO4.Co/c6-3(5(9)10)1-2-4(7)8;/h3H,1-2,6H2,(H,7,8)(H,9,10);. The Kier molecular flexibility index (Phi) is 7.27. The molecule has 1 atom stereocenters. The molecular formula is C5H9CoNO4. The summed E-state index contributed by atoms with van der Waals surface area (Å²) in [4.78, 5) is 19.9. The van der Waals surface area contributed by atoms with E-state index in [4.69, 9.17) is 15.9 Å². The van der Waals surface area contributed by atoms with Crippen LogP contribution >= 0.6 is 0 Å². The average molecular weight is 206 g/mol. The Morgan fingerprint density at radius 2 is 1.82 bits per heavy atom. The van der Waals surface area contributed by atoms with Gasteiger partial charge in [-0.05, 0) is 6.42 Å². The van der Waals surface area contributed by atoms with Crippen molar-refractivity contribution in [3.05, 3.63) is 0 Å². The van der Waals surface area contributed by atoms with Gasteiger partial charge in [-0.15, -0.1) is 0 Å². The number of nitrogens with two attached hydrogens (primary N) is 1. The van der Waals surface area contributed by atoms with Crippen LogP contribution in [0.3, 0.4) is 0 Å². The third-order valence-corrected chi connectivity index (χ3v) is 0.986. The first kappa shape index (κ1) is 13.0. The van der Waals surface area contributed by atoms with Crippen molar-refractivity contribution in [2.75, 3.05) is 0 Å². The van der Waals surface area contributed by atoms with Crippen molar-refractivity contribution in [2.45, 2.75) is 18.9 Å². The monoisotopic (exact) mass is 206 g/mol. The Morgan fingerprint density at radius 1 is 1.36 bits per heavy atom. The van der Waals surface area contributed by atoms with Gasteiger partial charge in [0.2, 0.25) is 0 Å². The van der Waals surface area contributed by atoms with Gasteiger partial charge in [0.05, 0.1) is 0 Å². The summed E-state index contributed by atoms with van der Waals surface area (Å²) < 4.78 is 0. The molecule has 0 saturated heterocycles. The van der Waals surface area contributed by atoms with Crippen molar-refractivity contribution in [3.63, 3.8) is 0 Å². The Hall–Kier alpha value is -0.594. The first-order valence-electron chi connectivity index (χ1n) is 2.74. The second-order valence-corrected chi connectivity index (χ2v) is 1.88. The number of hydrogen-bond acceptors (Lipinski definition) is 3. The number of aliphatic carboxylic acids is 2. The summed E-state index contributed by atoms with van der Waals surface area (Å²) >= 11 is 0. The van der Waals surface area contributed by atoms with Gasteiger partial charge in [-0.25, -0.2) is 0 Å². The van der Waals surface area contributed by atoms with Crippen molar-refractivity contribution < 1.29 is 36.6 Å². The quantitative estimate of drug-likeness (QED) is 0.562.